The van der Waals surface area contributed by atoms with Crippen LogP contribution in [0.25, 0.3) is 17.2 Å². The van der Waals surface area contributed by atoms with Gasteiger partial charge in [0.15, 0.2) is 5.82 Å². The molecule has 2 aromatic heterocycles. The number of rotatable bonds is 1. The molecule has 0 amide bonds. The lowest BCUT2D eigenvalue weighted by molar-refractivity contribution is 0.917. The van der Waals surface area contributed by atoms with Crippen LogP contribution in [0.15, 0.2) is 30.3 Å². The molecule has 3 aromatic rings. The summed E-state index contributed by atoms with van der Waals surface area (Å²) in [6.45, 7) is 0. The van der Waals surface area contributed by atoms with Gasteiger partial charge in [0, 0.05) is 5.56 Å². The van der Waals surface area contributed by atoms with Crippen LogP contribution >= 0.6 is 0 Å². The molecular formula is C10H9N7. The number of hydrogen-bond donors (Lipinski definition) is 2. The van der Waals surface area contributed by atoms with Gasteiger partial charge in [-0.05, 0) is 0 Å². The lowest BCUT2D eigenvalue weighted by atomic mass is 10.2. The minimum Gasteiger partial charge on any atom is -0.368 e. The van der Waals surface area contributed by atoms with Gasteiger partial charge in [-0.2, -0.15) is 19.5 Å². The van der Waals surface area contributed by atoms with Crippen molar-refractivity contribution in [3.8, 4) is 11.4 Å². The highest BCUT2D eigenvalue weighted by atomic mass is 15.4. The Morgan fingerprint density at radius 3 is 2.47 bits per heavy atom. The van der Waals surface area contributed by atoms with Crippen LogP contribution < -0.4 is 11.5 Å². The van der Waals surface area contributed by atoms with Crippen molar-refractivity contribution in [2.75, 3.05) is 11.5 Å². The molecule has 0 radical (unpaired) electrons. The zero-order valence-corrected chi connectivity index (χ0v) is 8.78. The summed E-state index contributed by atoms with van der Waals surface area (Å²) in [5.41, 5.74) is 12.1. The topological polar surface area (TPSA) is 108 Å². The Morgan fingerprint density at radius 2 is 1.71 bits per heavy atom. The SMILES string of the molecule is Nc1nc(N)n2nc(-c3ccccc3)nc2n1. The molecule has 7 nitrogen and oxygen atoms in total. The summed E-state index contributed by atoms with van der Waals surface area (Å²) in [5, 5.41) is 4.22. The smallest absolute Gasteiger partial charge is 0.259 e. The lowest BCUT2D eigenvalue weighted by Gasteiger charge is -1.95. The molecule has 1 aromatic carbocycles. The number of aromatic nitrogens is 5. The van der Waals surface area contributed by atoms with E-state index in [2.05, 4.69) is 20.1 Å². The summed E-state index contributed by atoms with van der Waals surface area (Å²) >= 11 is 0. The van der Waals surface area contributed by atoms with Gasteiger partial charge < -0.3 is 11.5 Å². The molecule has 0 aliphatic rings. The zero-order valence-electron chi connectivity index (χ0n) is 8.78. The summed E-state index contributed by atoms with van der Waals surface area (Å²) < 4.78 is 1.36. The molecule has 0 saturated heterocycles. The molecule has 2 heterocycles. The predicted molar refractivity (Wildman–Crippen MR) is 62.8 cm³/mol. The lowest BCUT2D eigenvalue weighted by Crippen LogP contribution is -2.06. The quantitative estimate of drug-likeness (QED) is 0.621. The fourth-order valence-electron chi connectivity index (χ4n) is 1.53. The van der Waals surface area contributed by atoms with Crippen molar-refractivity contribution in [3.05, 3.63) is 30.3 Å². The second kappa shape index (κ2) is 3.41. The van der Waals surface area contributed by atoms with Gasteiger partial charge in [0.25, 0.3) is 5.78 Å². The molecule has 0 unspecified atom stereocenters. The first-order valence-corrected chi connectivity index (χ1v) is 4.95. The van der Waals surface area contributed by atoms with Crippen molar-refractivity contribution < 1.29 is 0 Å². The van der Waals surface area contributed by atoms with Gasteiger partial charge in [-0.25, -0.2) is 0 Å². The summed E-state index contributed by atoms with van der Waals surface area (Å²) in [7, 11) is 0. The van der Waals surface area contributed by atoms with Crippen LogP contribution in [-0.4, -0.2) is 24.6 Å². The van der Waals surface area contributed by atoms with E-state index in [0.717, 1.165) is 5.56 Å². The first kappa shape index (κ1) is 9.52. The highest BCUT2D eigenvalue weighted by Gasteiger charge is 2.10. The number of benzene rings is 1. The Morgan fingerprint density at radius 1 is 0.941 bits per heavy atom. The summed E-state index contributed by atoms with van der Waals surface area (Å²) in [6.07, 6.45) is 0. The Bertz CT molecular complexity index is 674. The van der Waals surface area contributed by atoms with Gasteiger partial charge in [0.2, 0.25) is 11.9 Å². The van der Waals surface area contributed by atoms with Gasteiger partial charge in [-0.1, -0.05) is 30.3 Å². The van der Waals surface area contributed by atoms with E-state index in [9.17, 15) is 0 Å². The average molecular weight is 227 g/mol. The third-order valence-electron chi connectivity index (χ3n) is 2.28. The third kappa shape index (κ3) is 1.53. The van der Waals surface area contributed by atoms with Crippen LogP contribution in [0.1, 0.15) is 0 Å². The number of nitrogen functional groups attached to an aromatic ring is 2. The molecule has 0 aliphatic carbocycles. The number of nitrogens with zero attached hydrogens (tertiary/aromatic N) is 5. The van der Waals surface area contributed by atoms with Crippen LogP contribution in [0.2, 0.25) is 0 Å². The van der Waals surface area contributed by atoms with Crippen molar-refractivity contribution in [1.82, 2.24) is 24.6 Å². The first-order chi connectivity index (χ1) is 8.24. The molecule has 84 valence electrons. The van der Waals surface area contributed by atoms with Crippen LogP contribution in [0.5, 0.6) is 0 Å². The molecule has 17 heavy (non-hydrogen) atoms. The molecule has 0 aliphatic heterocycles. The van der Waals surface area contributed by atoms with E-state index >= 15 is 0 Å². The molecule has 7 heteroatoms. The van der Waals surface area contributed by atoms with Crippen molar-refractivity contribution >= 4 is 17.7 Å². The fourth-order valence-corrected chi connectivity index (χ4v) is 1.53. The average Bonchev–Trinajstić information content (AvgIpc) is 2.74. The number of nitrogens with two attached hydrogens (primary N) is 2. The molecule has 3 rings (SSSR count). The highest BCUT2D eigenvalue weighted by molar-refractivity contribution is 5.57. The second-order valence-corrected chi connectivity index (χ2v) is 3.45. The summed E-state index contributed by atoms with van der Waals surface area (Å²) in [5.74, 6) is 1.13. The Kier molecular flexibility index (Phi) is 1.91. The normalized spacial score (nSPS) is 10.8. The molecule has 4 N–H and O–H groups in total. The van der Waals surface area contributed by atoms with Crippen LogP contribution in [0.3, 0.4) is 0 Å². The molecule has 0 fully saturated rings. The van der Waals surface area contributed by atoms with Crippen LogP contribution in [0.4, 0.5) is 11.9 Å². The Balaban J connectivity index is 2.24. The van der Waals surface area contributed by atoms with E-state index in [1.807, 2.05) is 30.3 Å². The highest BCUT2D eigenvalue weighted by Crippen LogP contribution is 2.16. The molecule has 0 atom stereocenters. The van der Waals surface area contributed by atoms with Crippen LogP contribution in [-0.2, 0) is 0 Å². The minimum atomic E-state index is 0.0852. The van der Waals surface area contributed by atoms with E-state index in [-0.39, 0.29) is 11.9 Å². The maximum Gasteiger partial charge on any atom is 0.259 e. The summed E-state index contributed by atoms with van der Waals surface area (Å²) in [4.78, 5) is 12.0. The van der Waals surface area contributed by atoms with E-state index in [1.54, 1.807) is 0 Å². The van der Waals surface area contributed by atoms with Gasteiger partial charge in [-0.15, -0.1) is 5.10 Å². The number of anilines is 2. The second-order valence-electron chi connectivity index (χ2n) is 3.45. The van der Waals surface area contributed by atoms with Gasteiger partial charge in [0.1, 0.15) is 0 Å². The predicted octanol–water partition coefficient (Wildman–Crippen LogP) is 0.351. The number of fused-ring (bicyclic) bond motifs is 1. The van der Waals surface area contributed by atoms with Gasteiger partial charge in [-0.3, -0.25) is 0 Å². The van der Waals surface area contributed by atoms with Crippen molar-refractivity contribution in [2.24, 2.45) is 0 Å². The molecule has 0 saturated carbocycles. The monoisotopic (exact) mass is 227 g/mol. The number of hydrogen-bond acceptors (Lipinski definition) is 6. The largest absolute Gasteiger partial charge is 0.368 e. The van der Waals surface area contributed by atoms with Gasteiger partial charge >= 0.3 is 0 Å². The maximum atomic E-state index is 5.68. The minimum absolute atomic E-state index is 0.0852. The van der Waals surface area contributed by atoms with Crippen molar-refractivity contribution in [3.63, 3.8) is 0 Å². The van der Waals surface area contributed by atoms with Gasteiger partial charge in [0.05, 0.1) is 0 Å². The Hall–Kier alpha value is -2.70. The maximum absolute atomic E-state index is 5.68. The molecule has 0 bridgehead atoms. The first-order valence-electron chi connectivity index (χ1n) is 4.95. The fraction of sp³-hybridized carbons (Fsp3) is 0. The zero-order chi connectivity index (χ0) is 11.8. The molecular weight excluding hydrogens is 218 g/mol. The van der Waals surface area contributed by atoms with E-state index in [1.165, 1.54) is 4.52 Å². The third-order valence-corrected chi connectivity index (χ3v) is 2.28. The van der Waals surface area contributed by atoms with Crippen molar-refractivity contribution in [1.29, 1.82) is 0 Å². The van der Waals surface area contributed by atoms with E-state index in [0.29, 0.717) is 11.6 Å². The summed E-state index contributed by atoms with van der Waals surface area (Å²) in [6, 6.07) is 9.55. The van der Waals surface area contributed by atoms with E-state index in [4.69, 9.17) is 11.5 Å². The molecule has 0 spiro atoms. The van der Waals surface area contributed by atoms with Crippen molar-refractivity contribution in [2.45, 2.75) is 0 Å². The Labute approximate surface area is 96.1 Å². The standard InChI is InChI=1S/C10H9N7/c11-8-14-9(12)17-10(15-8)13-7(16-17)6-4-2-1-3-5-6/h1-5H,(H4,11,12,13,14,15,16). The van der Waals surface area contributed by atoms with E-state index < -0.39 is 0 Å². The van der Waals surface area contributed by atoms with Crippen LogP contribution in [0, 0.1) is 0 Å².